The van der Waals surface area contributed by atoms with Crippen molar-refractivity contribution < 1.29 is 18.8 Å². The fraction of sp³-hybridized carbons (Fsp3) is 0.423. The second-order valence-electron chi connectivity index (χ2n) is 10.1. The van der Waals surface area contributed by atoms with E-state index in [0.717, 1.165) is 42.4 Å². The van der Waals surface area contributed by atoms with Crippen LogP contribution in [0.2, 0.25) is 0 Å². The maximum atomic E-state index is 12.9. The van der Waals surface area contributed by atoms with Gasteiger partial charge in [-0.2, -0.15) is 4.98 Å². The zero-order valence-electron chi connectivity index (χ0n) is 20.1. The molecule has 1 aliphatic heterocycles. The predicted octanol–water partition coefficient (Wildman–Crippen LogP) is 4.42. The average molecular weight is 476 g/mol. The Morgan fingerprint density at radius 1 is 1.06 bits per heavy atom. The standard InChI is InChI=1S/C26H29N5O4/c1-26(2,3)25-30-24(35-31-25)23(33)28-19-5-4-12-34-20-13-16(8-9-18(19)20)17-10-11-27-21(14-17)29-22(32)15-6-7-15/h8-11,13-15,19H,4-7,12H2,1-3H3,(H,28,33)(H,27,29,32)/t19-/m0/s1. The first kappa shape index (κ1) is 23.0. The number of fused-ring (bicyclic) bond motifs is 1. The van der Waals surface area contributed by atoms with Gasteiger partial charge in [0.05, 0.1) is 12.6 Å². The fourth-order valence-electron chi connectivity index (χ4n) is 3.99. The van der Waals surface area contributed by atoms with Gasteiger partial charge in [-0.25, -0.2) is 4.98 Å². The van der Waals surface area contributed by atoms with Crippen LogP contribution in [0.1, 0.15) is 74.6 Å². The van der Waals surface area contributed by atoms with Gasteiger partial charge in [0.1, 0.15) is 11.6 Å². The van der Waals surface area contributed by atoms with Gasteiger partial charge in [-0.1, -0.05) is 38.1 Å². The molecule has 9 nitrogen and oxygen atoms in total. The molecule has 1 aromatic carbocycles. The van der Waals surface area contributed by atoms with Crippen molar-refractivity contribution in [2.45, 2.75) is 57.9 Å². The summed E-state index contributed by atoms with van der Waals surface area (Å²) in [6.07, 6.45) is 5.08. The van der Waals surface area contributed by atoms with Crippen molar-refractivity contribution >= 4 is 17.6 Å². The van der Waals surface area contributed by atoms with E-state index in [0.29, 0.717) is 24.0 Å². The lowest BCUT2D eigenvalue weighted by Crippen LogP contribution is -2.28. The first-order chi connectivity index (χ1) is 16.8. The molecule has 1 atom stereocenters. The van der Waals surface area contributed by atoms with E-state index in [1.165, 1.54) is 0 Å². The SMILES string of the molecule is CC(C)(C)c1noc(C(=O)N[C@H]2CCCOc3cc(-c4ccnc(NC(=O)C5CC5)c4)ccc32)n1. The lowest BCUT2D eigenvalue weighted by Gasteiger charge is -2.18. The number of anilines is 1. The van der Waals surface area contributed by atoms with Crippen LogP contribution in [0.5, 0.6) is 5.75 Å². The van der Waals surface area contributed by atoms with Gasteiger partial charge >= 0.3 is 11.8 Å². The molecule has 0 saturated heterocycles. The zero-order valence-corrected chi connectivity index (χ0v) is 20.1. The highest BCUT2D eigenvalue weighted by molar-refractivity contribution is 5.93. The number of carbonyl (C=O) groups is 2. The van der Waals surface area contributed by atoms with E-state index in [1.54, 1.807) is 6.20 Å². The molecule has 2 aromatic heterocycles. The summed E-state index contributed by atoms with van der Waals surface area (Å²) in [6.45, 7) is 6.44. The highest BCUT2D eigenvalue weighted by Crippen LogP contribution is 2.36. The van der Waals surface area contributed by atoms with Crippen molar-refractivity contribution in [3.63, 3.8) is 0 Å². The molecule has 3 aromatic rings. The van der Waals surface area contributed by atoms with Crippen LogP contribution in [0.4, 0.5) is 5.82 Å². The molecule has 0 unspecified atom stereocenters. The quantitative estimate of drug-likeness (QED) is 0.560. The summed E-state index contributed by atoms with van der Waals surface area (Å²) in [4.78, 5) is 33.5. The Morgan fingerprint density at radius 3 is 2.60 bits per heavy atom. The fourth-order valence-corrected chi connectivity index (χ4v) is 3.99. The van der Waals surface area contributed by atoms with Crippen LogP contribution in [-0.2, 0) is 10.2 Å². The number of ether oxygens (including phenoxy) is 1. The summed E-state index contributed by atoms with van der Waals surface area (Å²) in [5.74, 6) is 1.43. The van der Waals surface area contributed by atoms with E-state index in [2.05, 4.69) is 25.8 Å². The first-order valence-electron chi connectivity index (χ1n) is 12.0. The van der Waals surface area contributed by atoms with Crippen LogP contribution in [0.25, 0.3) is 11.1 Å². The summed E-state index contributed by atoms with van der Waals surface area (Å²) in [7, 11) is 0. The van der Waals surface area contributed by atoms with Crippen molar-refractivity contribution in [3.05, 3.63) is 53.8 Å². The topological polar surface area (TPSA) is 119 Å². The van der Waals surface area contributed by atoms with E-state index >= 15 is 0 Å². The average Bonchev–Trinajstić information content (AvgIpc) is 3.59. The molecule has 35 heavy (non-hydrogen) atoms. The summed E-state index contributed by atoms with van der Waals surface area (Å²) in [6, 6.07) is 9.43. The molecule has 2 aliphatic rings. The van der Waals surface area contributed by atoms with Crippen molar-refractivity contribution in [1.29, 1.82) is 0 Å². The number of amides is 2. The van der Waals surface area contributed by atoms with Crippen molar-refractivity contribution in [2.75, 3.05) is 11.9 Å². The molecule has 0 radical (unpaired) electrons. The Morgan fingerprint density at radius 2 is 1.86 bits per heavy atom. The third-order valence-corrected chi connectivity index (χ3v) is 6.17. The zero-order chi connectivity index (χ0) is 24.6. The first-order valence-corrected chi connectivity index (χ1v) is 12.0. The van der Waals surface area contributed by atoms with Crippen LogP contribution in [0.15, 0.2) is 41.1 Å². The number of pyridine rings is 1. The Labute approximate surface area is 203 Å². The number of hydrogen-bond acceptors (Lipinski definition) is 7. The molecule has 1 saturated carbocycles. The number of hydrogen-bond donors (Lipinski definition) is 2. The molecule has 2 amide bonds. The largest absolute Gasteiger partial charge is 0.493 e. The van der Waals surface area contributed by atoms with Gasteiger partial charge in [-0.15, -0.1) is 0 Å². The van der Waals surface area contributed by atoms with Crippen LogP contribution in [0.3, 0.4) is 0 Å². The van der Waals surface area contributed by atoms with E-state index in [1.807, 2.05) is 51.1 Å². The van der Waals surface area contributed by atoms with Gasteiger partial charge in [0, 0.05) is 23.1 Å². The van der Waals surface area contributed by atoms with E-state index < -0.39 is 5.91 Å². The molecule has 0 spiro atoms. The summed E-state index contributed by atoms with van der Waals surface area (Å²) >= 11 is 0. The molecule has 0 bridgehead atoms. The number of nitrogens with zero attached hydrogens (tertiary/aromatic N) is 3. The van der Waals surface area contributed by atoms with Gasteiger partial charge in [0.25, 0.3) is 0 Å². The second-order valence-corrected chi connectivity index (χ2v) is 10.1. The molecule has 1 fully saturated rings. The number of benzene rings is 1. The van der Waals surface area contributed by atoms with Crippen LogP contribution >= 0.6 is 0 Å². The lowest BCUT2D eigenvalue weighted by molar-refractivity contribution is -0.117. The Kier molecular flexibility index (Phi) is 6.00. The third-order valence-electron chi connectivity index (χ3n) is 6.17. The van der Waals surface area contributed by atoms with Crippen molar-refractivity contribution in [3.8, 4) is 16.9 Å². The van der Waals surface area contributed by atoms with E-state index in [9.17, 15) is 9.59 Å². The third kappa shape index (κ3) is 5.18. The van der Waals surface area contributed by atoms with E-state index in [-0.39, 0.29) is 29.2 Å². The minimum atomic E-state index is -0.403. The highest BCUT2D eigenvalue weighted by atomic mass is 16.5. The predicted molar refractivity (Wildman–Crippen MR) is 129 cm³/mol. The van der Waals surface area contributed by atoms with E-state index in [4.69, 9.17) is 9.26 Å². The number of rotatable bonds is 5. The monoisotopic (exact) mass is 475 g/mol. The molecule has 3 heterocycles. The van der Waals surface area contributed by atoms with Gasteiger partial charge < -0.3 is 19.9 Å². The van der Waals surface area contributed by atoms with Gasteiger partial charge in [0.2, 0.25) is 5.91 Å². The van der Waals surface area contributed by atoms with Gasteiger partial charge in [0.15, 0.2) is 5.82 Å². The maximum Gasteiger partial charge on any atom is 0.315 e. The molecule has 9 heteroatoms. The van der Waals surface area contributed by atoms with Crippen LogP contribution < -0.4 is 15.4 Å². The molecule has 5 rings (SSSR count). The summed E-state index contributed by atoms with van der Waals surface area (Å²) in [5, 5.41) is 9.87. The molecule has 182 valence electrons. The van der Waals surface area contributed by atoms with Gasteiger partial charge in [-0.3, -0.25) is 9.59 Å². The second kappa shape index (κ2) is 9.13. The molecule has 2 N–H and O–H groups in total. The van der Waals surface area contributed by atoms with Crippen LogP contribution in [0, 0.1) is 5.92 Å². The molecular weight excluding hydrogens is 446 g/mol. The van der Waals surface area contributed by atoms with Crippen LogP contribution in [-0.4, -0.2) is 33.5 Å². The Hall–Kier alpha value is -3.75. The lowest BCUT2D eigenvalue weighted by atomic mass is 9.96. The Bertz CT molecular complexity index is 1260. The highest BCUT2D eigenvalue weighted by Gasteiger charge is 2.30. The smallest absolute Gasteiger partial charge is 0.315 e. The molecular formula is C26H29N5O4. The normalized spacial score (nSPS) is 17.6. The number of carbonyl (C=O) groups excluding carboxylic acids is 2. The number of aromatic nitrogens is 3. The minimum Gasteiger partial charge on any atom is -0.493 e. The maximum absolute atomic E-state index is 12.9. The Balaban J connectivity index is 1.35. The molecule has 1 aliphatic carbocycles. The van der Waals surface area contributed by atoms with Gasteiger partial charge in [-0.05, 0) is 55.0 Å². The summed E-state index contributed by atoms with van der Waals surface area (Å²) in [5.41, 5.74) is 2.44. The van der Waals surface area contributed by atoms with Crippen molar-refractivity contribution in [2.24, 2.45) is 5.92 Å². The summed E-state index contributed by atoms with van der Waals surface area (Å²) < 4.78 is 11.2. The minimum absolute atomic E-state index is 0.0226. The van der Waals surface area contributed by atoms with Crippen molar-refractivity contribution in [1.82, 2.24) is 20.4 Å². The number of nitrogens with one attached hydrogen (secondary N) is 2.